The van der Waals surface area contributed by atoms with Gasteiger partial charge >= 0.3 is 11.9 Å². The van der Waals surface area contributed by atoms with Crippen molar-refractivity contribution in [2.45, 2.75) is 50.9 Å². The number of nitrogens with one attached hydrogen (secondary N) is 2. The molecule has 2 aromatic heterocycles. The first-order valence-electron chi connectivity index (χ1n) is 13.7. The highest BCUT2D eigenvalue weighted by atomic mass is 35.5. The van der Waals surface area contributed by atoms with Crippen molar-refractivity contribution in [2.75, 3.05) is 13.1 Å². The fourth-order valence-corrected chi connectivity index (χ4v) is 4.89. The van der Waals surface area contributed by atoms with Crippen LogP contribution in [0.15, 0.2) is 58.4 Å². The second-order valence-electron chi connectivity index (χ2n) is 10.3. The highest BCUT2D eigenvalue weighted by Crippen LogP contribution is 2.32. The number of benzene rings is 2. The molecule has 2 heterocycles. The average Bonchev–Trinajstić information content (AvgIpc) is 3.36. The summed E-state index contributed by atoms with van der Waals surface area (Å²) in [7, 11) is 0. The van der Waals surface area contributed by atoms with E-state index in [1.54, 1.807) is 12.3 Å². The second kappa shape index (κ2) is 13.6. The van der Waals surface area contributed by atoms with Crippen LogP contribution in [0.1, 0.15) is 43.4 Å². The first-order chi connectivity index (χ1) is 20.3. The average molecular weight is 621 g/mol. The van der Waals surface area contributed by atoms with E-state index in [9.17, 15) is 18.0 Å². The van der Waals surface area contributed by atoms with Gasteiger partial charge in [-0.05, 0) is 80.6 Å². The van der Waals surface area contributed by atoms with E-state index in [-0.39, 0.29) is 47.5 Å². The Bertz CT molecular complexity index is 1650. The summed E-state index contributed by atoms with van der Waals surface area (Å²) in [5, 5.41) is 3.77. The molecule has 230 valence electrons. The van der Waals surface area contributed by atoms with Crippen LogP contribution in [0.3, 0.4) is 0 Å². The number of aryl methyl sites for hydroxylation is 1. The van der Waals surface area contributed by atoms with Gasteiger partial charge in [-0.25, -0.2) is 9.18 Å². The lowest BCUT2D eigenvalue weighted by molar-refractivity contribution is -0.149. The summed E-state index contributed by atoms with van der Waals surface area (Å²) in [6.07, 6.45) is -2.00. The Labute approximate surface area is 250 Å². The van der Waals surface area contributed by atoms with E-state index >= 15 is 4.39 Å². The SMILES string of the molecule is C[C@H](NCCCN=C(N)N)c1ccc(-n2cc3cc(-c4cc(CCC[C@@H](N)C(F)(F)F)cc(Cl)c4F)[nH]c3nc2=O)cc1. The quantitative estimate of drug-likeness (QED) is 0.0670. The number of aromatic nitrogens is 3. The molecule has 0 aliphatic carbocycles. The molecule has 0 unspecified atom stereocenters. The Balaban J connectivity index is 1.51. The van der Waals surface area contributed by atoms with Gasteiger partial charge in [-0.2, -0.15) is 18.2 Å². The van der Waals surface area contributed by atoms with E-state index in [1.165, 1.54) is 16.7 Å². The molecule has 0 saturated carbocycles. The van der Waals surface area contributed by atoms with E-state index < -0.39 is 23.7 Å². The van der Waals surface area contributed by atoms with Crippen LogP contribution in [-0.4, -0.2) is 45.8 Å². The van der Waals surface area contributed by atoms with Crippen LogP contribution in [0.4, 0.5) is 17.6 Å². The standard InChI is InChI=1S/C29H33ClF4N8O/c1-16(38-10-3-11-39-27(36)37)18-6-8-20(9-7-18)42-15-19-14-23(40-26(19)41-28(42)43)21-12-17(13-22(30)25(21)31)4-2-5-24(35)29(32,33)34/h6-9,12-16,24,38H,2-5,10-11,35H2,1H3,(H4,36,37,39)(H,40,41,43)/t16-,24+/m0/s1. The smallest absolute Gasteiger partial charge is 0.370 e. The number of fused-ring (bicyclic) bond motifs is 1. The first kappa shape index (κ1) is 32.0. The molecule has 4 aromatic rings. The zero-order chi connectivity index (χ0) is 31.3. The minimum atomic E-state index is -4.48. The zero-order valence-corrected chi connectivity index (χ0v) is 24.1. The maximum atomic E-state index is 15.0. The molecule has 43 heavy (non-hydrogen) atoms. The van der Waals surface area contributed by atoms with Crippen molar-refractivity contribution in [1.29, 1.82) is 0 Å². The molecule has 0 radical (unpaired) electrons. The first-order valence-corrected chi connectivity index (χ1v) is 14.0. The lowest BCUT2D eigenvalue weighted by atomic mass is 10.0. The summed E-state index contributed by atoms with van der Waals surface area (Å²) in [5.74, 6) is -0.635. The summed E-state index contributed by atoms with van der Waals surface area (Å²) in [6, 6.07) is 10.1. The van der Waals surface area contributed by atoms with Crippen molar-refractivity contribution in [3.8, 4) is 16.9 Å². The Hall–Kier alpha value is -3.94. The van der Waals surface area contributed by atoms with Crippen molar-refractivity contribution >= 4 is 28.6 Å². The van der Waals surface area contributed by atoms with Gasteiger partial charge in [0.25, 0.3) is 0 Å². The van der Waals surface area contributed by atoms with Crippen LogP contribution in [-0.2, 0) is 6.42 Å². The number of hydrogen-bond donors (Lipinski definition) is 5. The molecule has 0 bridgehead atoms. The van der Waals surface area contributed by atoms with Gasteiger partial charge in [-0.1, -0.05) is 23.7 Å². The van der Waals surface area contributed by atoms with Gasteiger partial charge in [0.2, 0.25) is 0 Å². The molecule has 9 nitrogen and oxygen atoms in total. The highest BCUT2D eigenvalue weighted by molar-refractivity contribution is 6.31. The summed E-state index contributed by atoms with van der Waals surface area (Å²) in [6.45, 7) is 3.27. The third-order valence-corrected chi connectivity index (χ3v) is 7.31. The number of aromatic amines is 1. The number of nitrogens with two attached hydrogens (primary N) is 3. The lowest BCUT2D eigenvalue weighted by Crippen LogP contribution is -2.37. The third kappa shape index (κ3) is 8.12. The van der Waals surface area contributed by atoms with Crippen LogP contribution in [0.25, 0.3) is 28.0 Å². The topological polar surface area (TPSA) is 153 Å². The molecule has 2 aromatic carbocycles. The maximum absolute atomic E-state index is 15.0. The molecule has 0 spiro atoms. The van der Waals surface area contributed by atoms with Crippen molar-refractivity contribution in [2.24, 2.45) is 22.2 Å². The Morgan fingerprint density at radius 1 is 1.16 bits per heavy atom. The Morgan fingerprint density at radius 2 is 1.88 bits per heavy atom. The fourth-order valence-electron chi connectivity index (χ4n) is 4.65. The number of aliphatic imine (C=N–C) groups is 1. The minimum Gasteiger partial charge on any atom is -0.370 e. The zero-order valence-electron chi connectivity index (χ0n) is 23.4. The molecule has 0 fully saturated rings. The molecule has 0 saturated heterocycles. The van der Waals surface area contributed by atoms with Gasteiger partial charge < -0.3 is 27.5 Å². The van der Waals surface area contributed by atoms with E-state index in [0.717, 1.165) is 18.5 Å². The molecule has 0 amide bonds. The Kier molecular flexibility index (Phi) is 10.1. The molecule has 2 atom stereocenters. The van der Waals surface area contributed by atoms with Gasteiger partial charge in [0.1, 0.15) is 11.7 Å². The van der Waals surface area contributed by atoms with E-state index in [4.69, 9.17) is 28.8 Å². The van der Waals surface area contributed by atoms with Crippen molar-refractivity contribution in [1.82, 2.24) is 19.9 Å². The largest absolute Gasteiger partial charge is 0.403 e. The molecule has 8 N–H and O–H groups in total. The predicted octanol–water partition coefficient (Wildman–Crippen LogP) is 4.70. The molecule has 0 aliphatic rings. The van der Waals surface area contributed by atoms with Crippen molar-refractivity contribution < 1.29 is 17.6 Å². The van der Waals surface area contributed by atoms with Gasteiger partial charge in [0.15, 0.2) is 11.8 Å². The number of halogens is 5. The number of hydrogen-bond acceptors (Lipinski definition) is 5. The van der Waals surface area contributed by atoms with Gasteiger partial charge in [0, 0.05) is 29.7 Å². The molecule has 0 aliphatic heterocycles. The monoisotopic (exact) mass is 620 g/mol. The lowest BCUT2D eigenvalue weighted by Gasteiger charge is -2.15. The molecular formula is C29H33ClF4N8O. The normalized spacial score (nSPS) is 13.3. The Morgan fingerprint density at radius 3 is 2.56 bits per heavy atom. The van der Waals surface area contributed by atoms with Crippen LogP contribution >= 0.6 is 11.6 Å². The van der Waals surface area contributed by atoms with Gasteiger partial charge in [0.05, 0.1) is 16.4 Å². The summed E-state index contributed by atoms with van der Waals surface area (Å²) >= 11 is 6.12. The maximum Gasteiger partial charge on any atom is 0.403 e. The number of nitrogens with zero attached hydrogens (tertiary/aromatic N) is 3. The van der Waals surface area contributed by atoms with Crippen LogP contribution in [0, 0.1) is 5.82 Å². The molecular weight excluding hydrogens is 588 g/mol. The van der Waals surface area contributed by atoms with E-state index in [2.05, 4.69) is 20.3 Å². The summed E-state index contributed by atoms with van der Waals surface area (Å²) in [5.41, 5.74) is 18.2. The third-order valence-electron chi connectivity index (χ3n) is 7.04. The molecule has 14 heteroatoms. The van der Waals surface area contributed by atoms with Crippen LogP contribution in [0.2, 0.25) is 5.02 Å². The number of H-pyrrole nitrogens is 1. The predicted molar refractivity (Wildman–Crippen MR) is 161 cm³/mol. The summed E-state index contributed by atoms with van der Waals surface area (Å²) in [4.78, 5) is 23.9. The fraction of sp³-hybridized carbons (Fsp3) is 0.345. The highest BCUT2D eigenvalue weighted by Gasteiger charge is 2.35. The van der Waals surface area contributed by atoms with Crippen molar-refractivity contribution in [3.63, 3.8) is 0 Å². The number of alkyl halides is 3. The second-order valence-corrected chi connectivity index (χ2v) is 10.7. The van der Waals surface area contributed by atoms with Gasteiger partial charge in [-0.15, -0.1) is 0 Å². The van der Waals surface area contributed by atoms with E-state index in [0.29, 0.717) is 28.9 Å². The number of guanidine groups is 1. The van der Waals surface area contributed by atoms with Crippen LogP contribution < -0.4 is 28.2 Å². The molecule has 4 rings (SSSR count). The number of rotatable bonds is 12. The van der Waals surface area contributed by atoms with Crippen molar-refractivity contribution in [3.05, 3.63) is 81.1 Å². The van der Waals surface area contributed by atoms with E-state index in [1.807, 2.05) is 31.2 Å². The van der Waals surface area contributed by atoms with Gasteiger partial charge in [-0.3, -0.25) is 9.56 Å². The minimum absolute atomic E-state index is 0.0525. The summed E-state index contributed by atoms with van der Waals surface area (Å²) < 4.78 is 54.6. The van der Waals surface area contributed by atoms with Crippen LogP contribution in [0.5, 0.6) is 0 Å².